The van der Waals surface area contributed by atoms with Crippen molar-refractivity contribution in [2.45, 2.75) is 45.6 Å². The van der Waals surface area contributed by atoms with Gasteiger partial charge in [-0.15, -0.1) is 5.10 Å². The molecule has 8 heteroatoms. The molecule has 0 saturated heterocycles. The maximum Gasteiger partial charge on any atom is 0.357 e. The number of rotatable bonds is 6. The number of tetrazole rings is 1. The number of carbonyl (C=O) groups excluding carboxylic acids is 2. The molecular weight excluding hydrogens is 370 g/mol. The minimum Gasteiger partial charge on any atom is -0.451 e. The quantitative estimate of drug-likeness (QED) is 0.550. The number of hydrogen-bond acceptors (Lipinski definition) is 6. The van der Waals surface area contributed by atoms with E-state index in [9.17, 15) is 9.59 Å². The molecular formula is C21H27N5O3. The van der Waals surface area contributed by atoms with Gasteiger partial charge in [0.15, 0.2) is 18.1 Å². The van der Waals surface area contributed by atoms with Gasteiger partial charge in [0.05, 0.1) is 0 Å². The average molecular weight is 397 g/mol. The minimum absolute atomic E-state index is 0.153. The van der Waals surface area contributed by atoms with Gasteiger partial charge >= 0.3 is 5.97 Å². The van der Waals surface area contributed by atoms with E-state index in [1.54, 1.807) is 24.9 Å². The maximum absolute atomic E-state index is 12.8. The van der Waals surface area contributed by atoms with Crippen LogP contribution in [-0.4, -0.2) is 56.7 Å². The van der Waals surface area contributed by atoms with Crippen LogP contribution in [0.4, 0.5) is 0 Å². The van der Waals surface area contributed by atoms with Gasteiger partial charge < -0.3 is 9.64 Å². The molecule has 0 spiro atoms. The third-order valence-electron chi connectivity index (χ3n) is 5.42. The third kappa shape index (κ3) is 5.28. The van der Waals surface area contributed by atoms with E-state index >= 15 is 0 Å². The third-order valence-corrected chi connectivity index (χ3v) is 5.42. The molecule has 2 aromatic rings. The standard InChI is InChI=1S/C21H27N5O3/c1-15-9-11-18(12-10-15)25(3)20(27)14-29-21(28)19(26-16(2)22-23-24-26)13-17-7-5-4-6-8-17/h4-8,13,15,18H,9-12,14H2,1-3H3/b19-13-. The zero-order chi connectivity index (χ0) is 20.8. The lowest BCUT2D eigenvalue weighted by molar-refractivity contribution is -0.148. The monoisotopic (exact) mass is 397 g/mol. The highest BCUT2D eigenvalue weighted by molar-refractivity contribution is 6.15. The Morgan fingerprint density at radius 2 is 1.90 bits per heavy atom. The van der Waals surface area contributed by atoms with Crippen molar-refractivity contribution in [2.75, 3.05) is 13.7 Å². The second kappa shape index (κ2) is 9.45. The predicted molar refractivity (Wildman–Crippen MR) is 108 cm³/mol. The van der Waals surface area contributed by atoms with E-state index in [1.165, 1.54) is 4.68 Å². The summed E-state index contributed by atoms with van der Waals surface area (Å²) < 4.78 is 6.65. The molecule has 1 aliphatic rings. The zero-order valence-electron chi connectivity index (χ0n) is 17.1. The highest BCUT2D eigenvalue weighted by Gasteiger charge is 2.26. The molecule has 1 aromatic carbocycles. The zero-order valence-corrected chi connectivity index (χ0v) is 17.1. The summed E-state index contributed by atoms with van der Waals surface area (Å²) >= 11 is 0. The summed E-state index contributed by atoms with van der Waals surface area (Å²) in [6, 6.07) is 9.54. The van der Waals surface area contributed by atoms with Gasteiger partial charge in [0.1, 0.15) is 0 Å². The molecule has 8 nitrogen and oxygen atoms in total. The highest BCUT2D eigenvalue weighted by atomic mass is 16.5. The number of aryl methyl sites for hydroxylation is 1. The van der Waals surface area contributed by atoms with Crippen LogP contribution in [0.5, 0.6) is 0 Å². The number of aromatic nitrogens is 4. The Morgan fingerprint density at radius 1 is 1.21 bits per heavy atom. The molecule has 29 heavy (non-hydrogen) atoms. The Kier molecular flexibility index (Phi) is 6.74. The first-order valence-corrected chi connectivity index (χ1v) is 9.90. The lowest BCUT2D eigenvalue weighted by Gasteiger charge is -2.33. The van der Waals surface area contributed by atoms with Gasteiger partial charge in [-0.2, -0.15) is 4.68 Å². The van der Waals surface area contributed by atoms with Crippen LogP contribution in [0.3, 0.4) is 0 Å². The minimum atomic E-state index is -0.650. The Bertz CT molecular complexity index is 869. The summed E-state index contributed by atoms with van der Waals surface area (Å²) in [5.41, 5.74) is 0.953. The van der Waals surface area contributed by atoms with Crippen molar-refractivity contribution in [1.29, 1.82) is 0 Å². The molecule has 0 aliphatic heterocycles. The average Bonchev–Trinajstić information content (AvgIpc) is 3.16. The smallest absolute Gasteiger partial charge is 0.357 e. The maximum atomic E-state index is 12.8. The van der Waals surface area contributed by atoms with E-state index in [0.29, 0.717) is 11.7 Å². The second-order valence-corrected chi connectivity index (χ2v) is 7.57. The van der Waals surface area contributed by atoms with Crippen molar-refractivity contribution in [3.05, 3.63) is 41.7 Å². The number of carbonyl (C=O) groups is 2. The first-order valence-electron chi connectivity index (χ1n) is 9.90. The first-order chi connectivity index (χ1) is 14.0. The lowest BCUT2D eigenvalue weighted by Crippen LogP contribution is -2.41. The molecule has 1 heterocycles. The van der Waals surface area contributed by atoms with Crippen LogP contribution in [0.2, 0.25) is 0 Å². The van der Waals surface area contributed by atoms with Crippen molar-refractivity contribution in [1.82, 2.24) is 25.1 Å². The molecule has 1 saturated carbocycles. The fourth-order valence-corrected chi connectivity index (χ4v) is 3.50. The summed E-state index contributed by atoms with van der Waals surface area (Å²) in [5.74, 6) is 0.301. The molecule has 0 atom stereocenters. The number of likely N-dealkylation sites (N-methyl/N-ethyl adjacent to an activating group) is 1. The predicted octanol–water partition coefficient (Wildman–Crippen LogP) is 2.56. The van der Waals surface area contributed by atoms with Gasteiger partial charge in [-0.25, -0.2) is 4.79 Å². The molecule has 0 N–H and O–H groups in total. The number of nitrogens with zero attached hydrogens (tertiary/aromatic N) is 5. The number of benzene rings is 1. The highest BCUT2D eigenvalue weighted by Crippen LogP contribution is 2.26. The van der Waals surface area contributed by atoms with E-state index in [2.05, 4.69) is 22.4 Å². The molecule has 0 unspecified atom stereocenters. The van der Waals surface area contributed by atoms with Crippen molar-refractivity contribution >= 4 is 23.6 Å². The van der Waals surface area contributed by atoms with E-state index in [1.807, 2.05) is 30.3 Å². The first kappa shape index (κ1) is 20.7. The van der Waals surface area contributed by atoms with Crippen molar-refractivity contribution in [3.63, 3.8) is 0 Å². The molecule has 1 amide bonds. The second-order valence-electron chi connectivity index (χ2n) is 7.57. The van der Waals surface area contributed by atoms with Crippen LogP contribution in [0.25, 0.3) is 11.8 Å². The molecule has 1 fully saturated rings. The van der Waals surface area contributed by atoms with Gasteiger partial charge in [-0.05, 0) is 60.6 Å². The van der Waals surface area contributed by atoms with E-state index in [0.717, 1.165) is 31.2 Å². The van der Waals surface area contributed by atoms with Gasteiger partial charge in [-0.3, -0.25) is 4.79 Å². The van der Waals surface area contributed by atoms with Crippen LogP contribution in [-0.2, 0) is 14.3 Å². The fourth-order valence-electron chi connectivity index (χ4n) is 3.50. The summed E-state index contributed by atoms with van der Waals surface area (Å²) in [4.78, 5) is 27.0. The topological polar surface area (TPSA) is 90.2 Å². The van der Waals surface area contributed by atoms with Gasteiger partial charge in [-0.1, -0.05) is 37.3 Å². The van der Waals surface area contributed by atoms with Crippen LogP contribution in [0.1, 0.15) is 44.0 Å². The molecule has 154 valence electrons. The van der Waals surface area contributed by atoms with Gasteiger partial charge in [0.25, 0.3) is 5.91 Å². The number of ether oxygens (including phenoxy) is 1. The van der Waals surface area contributed by atoms with Crippen molar-refractivity contribution < 1.29 is 14.3 Å². The molecule has 0 bridgehead atoms. The van der Waals surface area contributed by atoms with E-state index in [4.69, 9.17) is 4.74 Å². The van der Waals surface area contributed by atoms with E-state index < -0.39 is 5.97 Å². The van der Waals surface area contributed by atoms with Crippen LogP contribution in [0, 0.1) is 12.8 Å². The normalized spacial score (nSPS) is 19.6. The summed E-state index contributed by atoms with van der Waals surface area (Å²) in [7, 11) is 1.78. The number of esters is 1. The van der Waals surface area contributed by atoms with E-state index in [-0.39, 0.29) is 24.3 Å². The van der Waals surface area contributed by atoms with Gasteiger partial charge in [0.2, 0.25) is 0 Å². The largest absolute Gasteiger partial charge is 0.451 e. The molecule has 1 aliphatic carbocycles. The van der Waals surface area contributed by atoms with Gasteiger partial charge in [0, 0.05) is 13.1 Å². The molecule has 1 aromatic heterocycles. The lowest BCUT2D eigenvalue weighted by atomic mass is 9.87. The Hall–Kier alpha value is -3.03. The fraction of sp³-hybridized carbons (Fsp3) is 0.476. The van der Waals surface area contributed by atoms with Crippen LogP contribution < -0.4 is 0 Å². The summed E-state index contributed by atoms with van der Waals surface area (Å²) in [6.45, 7) is 3.62. The molecule has 0 radical (unpaired) electrons. The SMILES string of the molecule is Cc1nnnn1/C(=C\c1ccccc1)C(=O)OCC(=O)N(C)C1CCC(C)CC1. The van der Waals surface area contributed by atoms with Crippen molar-refractivity contribution in [2.24, 2.45) is 5.92 Å². The van der Waals surface area contributed by atoms with Crippen LogP contribution >= 0.6 is 0 Å². The van der Waals surface area contributed by atoms with Crippen LogP contribution in [0.15, 0.2) is 30.3 Å². The summed E-state index contributed by atoms with van der Waals surface area (Å²) in [6.07, 6.45) is 5.85. The summed E-state index contributed by atoms with van der Waals surface area (Å²) in [5, 5.41) is 11.3. The van der Waals surface area contributed by atoms with Crippen molar-refractivity contribution in [3.8, 4) is 0 Å². The number of amides is 1. The number of hydrogen-bond donors (Lipinski definition) is 0. The molecule has 3 rings (SSSR count). The Balaban J connectivity index is 1.68. The Morgan fingerprint density at radius 3 is 2.52 bits per heavy atom. The Labute approximate surface area is 170 Å².